The molecule has 0 heterocycles. The maximum Gasteiger partial charge on any atom is 0.338 e. The van der Waals surface area contributed by atoms with Crippen LogP contribution in [-0.4, -0.2) is 25.8 Å². The summed E-state index contributed by atoms with van der Waals surface area (Å²) in [6.45, 7) is 9.49. The Hall–Kier alpha value is -1.71. The molecule has 0 amide bonds. The third-order valence-electron chi connectivity index (χ3n) is 2.49. The van der Waals surface area contributed by atoms with E-state index in [1.54, 1.807) is 18.2 Å². The number of rotatable bonds is 8. The van der Waals surface area contributed by atoms with Gasteiger partial charge in [-0.15, -0.1) is 0 Å². The first-order valence-electron chi connectivity index (χ1n) is 7.15. The summed E-state index contributed by atoms with van der Waals surface area (Å²) in [6.07, 6.45) is 0.920. The molecule has 0 aliphatic heterocycles. The van der Waals surface area contributed by atoms with E-state index in [1.807, 2.05) is 27.7 Å². The lowest BCUT2D eigenvalue weighted by molar-refractivity contribution is 0.0458. The second-order valence-corrected chi connectivity index (χ2v) is 4.94. The lowest BCUT2D eigenvalue weighted by Crippen LogP contribution is -2.10. The first kappa shape index (κ1) is 16.3. The molecule has 0 fully saturated rings. The van der Waals surface area contributed by atoms with Crippen LogP contribution >= 0.6 is 0 Å². The molecule has 0 atom stereocenters. The van der Waals surface area contributed by atoms with Crippen molar-refractivity contribution in [3.8, 4) is 11.5 Å². The first-order valence-corrected chi connectivity index (χ1v) is 7.15. The lowest BCUT2D eigenvalue weighted by atomic mass is 10.2. The van der Waals surface area contributed by atoms with Crippen molar-refractivity contribution in [2.75, 3.05) is 19.8 Å². The van der Waals surface area contributed by atoms with E-state index in [-0.39, 0.29) is 5.97 Å². The predicted molar refractivity (Wildman–Crippen MR) is 78.5 cm³/mol. The van der Waals surface area contributed by atoms with Gasteiger partial charge in [0, 0.05) is 0 Å². The SMILES string of the molecule is CCCOc1ccc(C(=O)OCC(C)C)cc1OCC. The van der Waals surface area contributed by atoms with Crippen molar-refractivity contribution >= 4 is 5.97 Å². The third kappa shape index (κ3) is 5.11. The highest BCUT2D eigenvalue weighted by atomic mass is 16.5. The Bertz CT molecular complexity index is 426. The zero-order chi connectivity index (χ0) is 15.0. The highest BCUT2D eigenvalue weighted by Gasteiger charge is 2.13. The Labute approximate surface area is 121 Å². The van der Waals surface area contributed by atoms with Crippen molar-refractivity contribution in [1.82, 2.24) is 0 Å². The molecule has 4 nitrogen and oxygen atoms in total. The van der Waals surface area contributed by atoms with Crippen LogP contribution in [0.15, 0.2) is 18.2 Å². The number of benzene rings is 1. The van der Waals surface area contributed by atoms with Crippen molar-refractivity contribution in [2.45, 2.75) is 34.1 Å². The zero-order valence-corrected chi connectivity index (χ0v) is 12.8. The largest absolute Gasteiger partial charge is 0.490 e. The molecule has 0 saturated heterocycles. The highest BCUT2D eigenvalue weighted by Crippen LogP contribution is 2.29. The Kier molecular flexibility index (Phi) is 6.91. The van der Waals surface area contributed by atoms with Crippen molar-refractivity contribution in [3.63, 3.8) is 0 Å². The monoisotopic (exact) mass is 280 g/mol. The number of hydrogen-bond acceptors (Lipinski definition) is 4. The maximum atomic E-state index is 11.9. The first-order chi connectivity index (χ1) is 9.58. The molecule has 4 heteroatoms. The van der Waals surface area contributed by atoms with Gasteiger partial charge in [0.05, 0.1) is 25.4 Å². The smallest absolute Gasteiger partial charge is 0.338 e. The molecule has 20 heavy (non-hydrogen) atoms. The summed E-state index contributed by atoms with van der Waals surface area (Å²) in [6, 6.07) is 5.14. The minimum Gasteiger partial charge on any atom is -0.490 e. The van der Waals surface area contributed by atoms with E-state index in [2.05, 4.69) is 0 Å². The summed E-state index contributed by atoms with van der Waals surface area (Å²) in [5.74, 6) is 1.23. The van der Waals surface area contributed by atoms with Crippen molar-refractivity contribution in [2.24, 2.45) is 5.92 Å². The Morgan fingerprint density at radius 1 is 1.15 bits per heavy atom. The van der Waals surface area contributed by atoms with Gasteiger partial charge in [0.15, 0.2) is 11.5 Å². The van der Waals surface area contributed by atoms with Crippen molar-refractivity contribution in [3.05, 3.63) is 23.8 Å². The van der Waals surface area contributed by atoms with Gasteiger partial charge >= 0.3 is 5.97 Å². The molecule has 0 aliphatic rings. The fraction of sp³-hybridized carbons (Fsp3) is 0.562. The molecule has 0 aromatic heterocycles. The van der Waals surface area contributed by atoms with Gasteiger partial charge in [-0.1, -0.05) is 20.8 Å². The topological polar surface area (TPSA) is 44.8 Å². The third-order valence-corrected chi connectivity index (χ3v) is 2.49. The van der Waals surface area contributed by atoms with Gasteiger partial charge in [-0.05, 0) is 37.5 Å². The molecule has 0 N–H and O–H groups in total. The predicted octanol–water partition coefficient (Wildman–Crippen LogP) is 3.69. The molecular weight excluding hydrogens is 256 g/mol. The molecule has 0 spiro atoms. The number of hydrogen-bond donors (Lipinski definition) is 0. The Morgan fingerprint density at radius 2 is 1.90 bits per heavy atom. The van der Waals surface area contributed by atoms with Crippen LogP contribution in [0.4, 0.5) is 0 Å². The standard InChI is InChI=1S/C16H24O4/c1-5-9-19-14-8-7-13(10-15(14)18-6-2)16(17)20-11-12(3)4/h7-8,10,12H,5-6,9,11H2,1-4H3. The van der Waals surface area contributed by atoms with Gasteiger partial charge in [0.2, 0.25) is 0 Å². The van der Waals surface area contributed by atoms with Crippen LogP contribution in [0.2, 0.25) is 0 Å². The van der Waals surface area contributed by atoms with Gasteiger partial charge < -0.3 is 14.2 Å². The zero-order valence-electron chi connectivity index (χ0n) is 12.8. The minimum absolute atomic E-state index is 0.317. The van der Waals surface area contributed by atoms with Crippen LogP contribution in [0.5, 0.6) is 11.5 Å². The number of ether oxygens (including phenoxy) is 3. The van der Waals surface area contributed by atoms with Crippen LogP contribution in [0.25, 0.3) is 0 Å². The second kappa shape index (κ2) is 8.46. The number of carbonyl (C=O) groups excluding carboxylic acids is 1. The summed E-state index contributed by atoms with van der Waals surface area (Å²) >= 11 is 0. The van der Waals surface area contributed by atoms with Gasteiger partial charge in [-0.3, -0.25) is 0 Å². The molecule has 0 unspecified atom stereocenters. The molecule has 1 aromatic rings. The summed E-state index contributed by atoms with van der Waals surface area (Å²) in [7, 11) is 0. The quantitative estimate of drug-likeness (QED) is 0.681. The van der Waals surface area contributed by atoms with Crippen LogP contribution < -0.4 is 9.47 Å². The summed E-state index contributed by atoms with van der Waals surface area (Å²) in [5, 5.41) is 0. The molecule has 1 rings (SSSR count). The molecule has 112 valence electrons. The average Bonchev–Trinajstić information content (AvgIpc) is 2.43. The van der Waals surface area contributed by atoms with Crippen LogP contribution in [0, 0.1) is 5.92 Å². The maximum absolute atomic E-state index is 11.9. The Balaban J connectivity index is 2.82. The van der Waals surface area contributed by atoms with Gasteiger partial charge in [0.1, 0.15) is 0 Å². The summed E-state index contributed by atoms with van der Waals surface area (Å²) < 4.78 is 16.3. The van der Waals surface area contributed by atoms with E-state index in [4.69, 9.17) is 14.2 Å². The van der Waals surface area contributed by atoms with E-state index in [1.165, 1.54) is 0 Å². The minimum atomic E-state index is -0.332. The van der Waals surface area contributed by atoms with Crippen LogP contribution in [0.3, 0.4) is 0 Å². The van der Waals surface area contributed by atoms with E-state index in [0.717, 1.165) is 6.42 Å². The summed E-state index contributed by atoms with van der Waals surface area (Å²) in [4.78, 5) is 11.9. The fourth-order valence-corrected chi connectivity index (χ4v) is 1.56. The lowest BCUT2D eigenvalue weighted by Gasteiger charge is -2.13. The van der Waals surface area contributed by atoms with Crippen LogP contribution in [0.1, 0.15) is 44.5 Å². The molecule has 0 saturated carbocycles. The second-order valence-electron chi connectivity index (χ2n) is 4.94. The average molecular weight is 280 g/mol. The van der Waals surface area contributed by atoms with E-state index >= 15 is 0 Å². The van der Waals surface area contributed by atoms with Crippen LogP contribution in [-0.2, 0) is 4.74 Å². The molecular formula is C16H24O4. The van der Waals surface area contributed by atoms with E-state index < -0.39 is 0 Å². The van der Waals surface area contributed by atoms with E-state index in [0.29, 0.717) is 42.8 Å². The van der Waals surface area contributed by atoms with Gasteiger partial charge in [-0.2, -0.15) is 0 Å². The number of esters is 1. The normalized spacial score (nSPS) is 10.4. The molecule has 0 bridgehead atoms. The van der Waals surface area contributed by atoms with E-state index in [9.17, 15) is 4.79 Å². The van der Waals surface area contributed by atoms with Crippen molar-refractivity contribution in [1.29, 1.82) is 0 Å². The van der Waals surface area contributed by atoms with Gasteiger partial charge in [0.25, 0.3) is 0 Å². The van der Waals surface area contributed by atoms with Gasteiger partial charge in [-0.25, -0.2) is 4.79 Å². The Morgan fingerprint density at radius 3 is 2.50 bits per heavy atom. The highest BCUT2D eigenvalue weighted by molar-refractivity contribution is 5.90. The molecule has 1 aromatic carbocycles. The number of carbonyl (C=O) groups is 1. The van der Waals surface area contributed by atoms with Crippen molar-refractivity contribution < 1.29 is 19.0 Å². The fourth-order valence-electron chi connectivity index (χ4n) is 1.56. The summed E-state index contributed by atoms with van der Waals surface area (Å²) in [5.41, 5.74) is 0.484. The molecule has 0 aliphatic carbocycles. The molecule has 0 radical (unpaired) electrons.